The van der Waals surface area contributed by atoms with Crippen molar-refractivity contribution in [1.29, 1.82) is 0 Å². The molecule has 82 valence electrons. The minimum absolute atomic E-state index is 0.397. The Morgan fingerprint density at radius 1 is 1.33 bits per heavy atom. The maximum absolute atomic E-state index is 9.62. The van der Waals surface area contributed by atoms with Crippen LogP contribution in [0.4, 0.5) is 5.69 Å². The molecule has 2 N–H and O–H groups in total. The Morgan fingerprint density at radius 2 is 2.00 bits per heavy atom. The van der Waals surface area contributed by atoms with E-state index in [4.69, 9.17) is 0 Å². The zero-order valence-corrected chi connectivity index (χ0v) is 9.40. The standard InChI is InChI=1S/C13H19NO/c1-9-7-11(8-9)14-13-6-4-3-5-12(13)10(2)15/h3-6,9-11,14-15H,7-8H2,1-2H3. The summed E-state index contributed by atoms with van der Waals surface area (Å²) in [6.45, 7) is 4.09. The number of hydrogen-bond acceptors (Lipinski definition) is 2. The third kappa shape index (κ3) is 2.32. The van der Waals surface area contributed by atoms with E-state index in [2.05, 4.69) is 12.2 Å². The van der Waals surface area contributed by atoms with Crippen LogP contribution in [0.1, 0.15) is 38.4 Å². The van der Waals surface area contributed by atoms with Crippen molar-refractivity contribution in [3.8, 4) is 0 Å². The van der Waals surface area contributed by atoms with Gasteiger partial charge in [-0.25, -0.2) is 0 Å². The Hall–Kier alpha value is -1.02. The molecule has 1 aromatic carbocycles. The normalized spacial score (nSPS) is 26.9. The number of nitrogens with one attached hydrogen (secondary N) is 1. The number of hydrogen-bond donors (Lipinski definition) is 2. The minimum Gasteiger partial charge on any atom is -0.389 e. The van der Waals surface area contributed by atoms with E-state index in [1.807, 2.05) is 31.2 Å². The minimum atomic E-state index is -0.397. The summed E-state index contributed by atoms with van der Waals surface area (Å²) in [6, 6.07) is 8.60. The summed E-state index contributed by atoms with van der Waals surface area (Å²) >= 11 is 0. The van der Waals surface area contributed by atoms with Gasteiger partial charge in [-0.1, -0.05) is 25.1 Å². The van der Waals surface area contributed by atoms with Crippen LogP contribution in [0.3, 0.4) is 0 Å². The molecule has 2 heteroatoms. The predicted octanol–water partition coefficient (Wildman–Crippen LogP) is 2.95. The number of anilines is 1. The molecule has 1 unspecified atom stereocenters. The molecule has 0 saturated heterocycles. The van der Waals surface area contributed by atoms with Gasteiger partial charge in [0.25, 0.3) is 0 Å². The molecule has 0 aromatic heterocycles. The fourth-order valence-corrected chi connectivity index (χ4v) is 2.23. The molecule has 0 spiro atoms. The van der Waals surface area contributed by atoms with Crippen molar-refractivity contribution in [3.63, 3.8) is 0 Å². The average Bonchev–Trinajstić information content (AvgIpc) is 2.16. The molecule has 0 radical (unpaired) electrons. The Bertz CT molecular complexity index is 329. The van der Waals surface area contributed by atoms with Crippen molar-refractivity contribution in [2.75, 3.05) is 5.32 Å². The van der Waals surface area contributed by atoms with Crippen molar-refractivity contribution in [2.45, 2.75) is 38.8 Å². The Kier molecular flexibility index (Phi) is 2.96. The fourth-order valence-electron chi connectivity index (χ4n) is 2.23. The molecule has 0 bridgehead atoms. The van der Waals surface area contributed by atoms with Gasteiger partial charge in [0.15, 0.2) is 0 Å². The lowest BCUT2D eigenvalue weighted by molar-refractivity contribution is 0.199. The smallest absolute Gasteiger partial charge is 0.0781 e. The molecule has 0 heterocycles. The molecule has 1 fully saturated rings. The molecule has 2 nitrogen and oxygen atoms in total. The first-order chi connectivity index (χ1) is 7.16. The molecule has 2 rings (SSSR count). The van der Waals surface area contributed by atoms with Crippen LogP contribution in [-0.2, 0) is 0 Å². The van der Waals surface area contributed by atoms with Crippen molar-refractivity contribution < 1.29 is 5.11 Å². The van der Waals surface area contributed by atoms with E-state index >= 15 is 0 Å². The largest absolute Gasteiger partial charge is 0.389 e. The highest BCUT2D eigenvalue weighted by atomic mass is 16.3. The van der Waals surface area contributed by atoms with E-state index in [1.54, 1.807) is 0 Å². The second kappa shape index (κ2) is 4.23. The van der Waals surface area contributed by atoms with Gasteiger partial charge >= 0.3 is 0 Å². The van der Waals surface area contributed by atoms with Crippen molar-refractivity contribution in [2.24, 2.45) is 5.92 Å². The van der Waals surface area contributed by atoms with Gasteiger partial charge in [0, 0.05) is 17.3 Å². The van der Waals surface area contributed by atoms with Crippen LogP contribution in [0, 0.1) is 5.92 Å². The average molecular weight is 205 g/mol. The van der Waals surface area contributed by atoms with Gasteiger partial charge in [-0.3, -0.25) is 0 Å². The monoisotopic (exact) mass is 205 g/mol. The topological polar surface area (TPSA) is 32.3 Å². The van der Waals surface area contributed by atoms with Gasteiger partial charge in [-0.15, -0.1) is 0 Å². The fraction of sp³-hybridized carbons (Fsp3) is 0.538. The van der Waals surface area contributed by atoms with E-state index in [1.165, 1.54) is 12.8 Å². The molecule has 1 saturated carbocycles. The lowest BCUT2D eigenvalue weighted by atomic mass is 9.81. The molecular weight excluding hydrogens is 186 g/mol. The van der Waals surface area contributed by atoms with Crippen LogP contribution < -0.4 is 5.32 Å². The third-order valence-corrected chi connectivity index (χ3v) is 3.14. The zero-order valence-electron chi connectivity index (χ0n) is 9.40. The number of para-hydroxylation sites is 1. The molecule has 0 aliphatic heterocycles. The highest BCUT2D eigenvalue weighted by Crippen LogP contribution is 2.31. The van der Waals surface area contributed by atoms with Gasteiger partial charge in [0.2, 0.25) is 0 Å². The van der Waals surface area contributed by atoms with E-state index < -0.39 is 6.10 Å². The van der Waals surface area contributed by atoms with Gasteiger partial charge in [0.05, 0.1) is 6.10 Å². The number of rotatable bonds is 3. The number of benzene rings is 1. The summed E-state index contributed by atoms with van der Waals surface area (Å²) in [5.41, 5.74) is 2.08. The SMILES string of the molecule is CC1CC(Nc2ccccc2C(C)O)C1. The van der Waals surface area contributed by atoms with Crippen LogP contribution in [0.25, 0.3) is 0 Å². The van der Waals surface area contributed by atoms with Crippen molar-refractivity contribution >= 4 is 5.69 Å². The first kappa shape index (κ1) is 10.5. The second-order valence-electron chi connectivity index (χ2n) is 4.68. The van der Waals surface area contributed by atoms with E-state index in [-0.39, 0.29) is 0 Å². The van der Waals surface area contributed by atoms with Gasteiger partial charge in [-0.05, 0) is 31.7 Å². The van der Waals surface area contributed by atoms with Gasteiger partial charge in [0.1, 0.15) is 0 Å². The Balaban J connectivity index is 2.07. The molecule has 1 aliphatic carbocycles. The van der Waals surface area contributed by atoms with Crippen LogP contribution in [0.2, 0.25) is 0 Å². The Morgan fingerprint density at radius 3 is 2.60 bits per heavy atom. The van der Waals surface area contributed by atoms with E-state index in [0.29, 0.717) is 6.04 Å². The molecule has 1 aromatic rings. The van der Waals surface area contributed by atoms with Crippen LogP contribution in [-0.4, -0.2) is 11.1 Å². The quantitative estimate of drug-likeness (QED) is 0.795. The van der Waals surface area contributed by atoms with Crippen molar-refractivity contribution in [1.82, 2.24) is 0 Å². The summed E-state index contributed by atoms with van der Waals surface area (Å²) in [7, 11) is 0. The van der Waals surface area contributed by atoms with Gasteiger partial charge in [-0.2, -0.15) is 0 Å². The Labute approximate surface area is 91.3 Å². The van der Waals surface area contributed by atoms with Crippen LogP contribution >= 0.6 is 0 Å². The lowest BCUT2D eigenvalue weighted by Gasteiger charge is -2.34. The zero-order chi connectivity index (χ0) is 10.8. The highest BCUT2D eigenvalue weighted by Gasteiger charge is 2.25. The first-order valence-corrected chi connectivity index (χ1v) is 5.70. The van der Waals surface area contributed by atoms with Crippen molar-refractivity contribution in [3.05, 3.63) is 29.8 Å². The van der Waals surface area contributed by atoms with E-state index in [9.17, 15) is 5.11 Å². The van der Waals surface area contributed by atoms with Crippen LogP contribution in [0.5, 0.6) is 0 Å². The molecule has 15 heavy (non-hydrogen) atoms. The predicted molar refractivity (Wildman–Crippen MR) is 62.9 cm³/mol. The summed E-state index contributed by atoms with van der Waals surface area (Å²) in [5, 5.41) is 13.1. The molecule has 1 atom stereocenters. The maximum Gasteiger partial charge on any atom is 0.0781 e. The molecular formula is C13H19NO. The third-order valence-electron chi connectivity index (χ3n) is 3.14. The van der Waals surface area contributed by atoms with E-state index in [0.717, 1.165) is 17.2 Å². The summed E-state index contributed by atoms with van der Waals surface area (Å²) in [4.78, 5) is 0. The summed E-state index contributed by atoms with van der Waals surface area (Å²) < 4.78 is 0. The molecule has 0 amide bonds. The lowest BCUT2D eigenvalue weighted by Crippen LogP contribution is -2.34. The number of aliphatic hydroxyl groups excluding tert-OH is 1. The highest BCUT2D eigenvalue weighted by molar-refractivity contribution is 5.53. The number of aliphatic hydroxyl groups is 1. The first-order valence-electron chi connectivity index (χ1n) is 5.70. The van der Waals surface area contributed by atoms with Crippen LogP contribution in [0.15, 0.2) is 24.3 Å². The molecule has 1 aliphatic rings. The summed E-state index contributed by atoms with van der Waals surface area (Å²) in [5.74, 6) is 0.848. The summed E-state index contributed by atoms with van der Waals surface area (Å²) in [6.07, 6.45) is 2.09. The van der Waals surface area contributed by atoms with Gasteiger partial charge < -0.3 is 10.4 Å². The maximum atomic E-state index is 9.62. The second-order valence-corrected chi connectivity index (χ2v) is 4.68.